The van der Waals surface area contributed by atoms with E-state index in [0.717, 1.165) is 21.5 Å². The number of nitrogens with one attached hydrogen (secondary N) is 1. The third kappa shape index (κ3) is 6.42. The minimum absolute atomic E-state index is 0.0262. The molecule has 4 nitrogen and oxygen atoms in total. The number of ether oxygens (including phenoxy) is 1. The molecule has 2 rings (SSSR count). The summed E-state index contributed by atoms with van der Waals surface area (Å²) in [6.45, 7) is 3.55. The second-order valence-corrected chi connectivity index (χ2v) is 6.37. The minimum atomic E-state index is -0.0262. The molecule has 1 N–H and O–H groups in total. The molecule has 0 spiro atoms. The van der Waals surface area contributed by atoms with Crippen molar-refractivity contribution in [1.82, 2.24) is 4.90 Å². The molecule has 5 heteroatoms. The Kier molecular flexibility index (Phi) is 6.62. The van der Waals surface area contributed by atoms with Crippen molar-refractivity contribution < 1.29 is 9.53 Å². The normalized spacial score (nSPS) is 10.6. The van der Waals surface area contributed by atoms with Crippen LogP contribution in [0.15, 0.2) is 53.0 Å². The molecule has 0 heterocycles. The van der Waals surface area contributed by atoms with Crippen molar-refractivity contribution >= 4 is 27.5 Å². The molecule has 0 aliphatic carbocycles. The molecule has 0 aliphatic heterocycles. The average molecular weight is 377 g/mol. The first kappa shape index (κ1) is 17.5. The zero-order valence-electron chi connectivity index (χ0n) is 13.4. The van der Waals surface area contributed by atoms with Crippen molar-refractivity contribution in [3.05, 3.63) is 58.6 Å². The van der Waals surface area contributed by atoms with Crippen LogP contribution in [0.1, 0.15) is 5.56 Å². The van der Waals surface area contributed by atoms with E-state index >= 15 is 0 Å². The molecular weight excluding hydrogens is 356 g/mol. The second-order valence-electron chi connectivity index (χ2n) is 5.46. The second kappa shape index (κ2) is 8.70. The van der Waals surface area contributed by atoms with Gasteiger partial charge in [0.2, 0.25) is 5.91 Å². The maximum Gasteiger partial charge on any atom is 0.238 e. The molecule has 1 amide bonds. The van der Waals surface area contributed by atoms with Gasteiger partial charge in [0.15, 0.2) is 0 Å². The van der Waals surface area contributed by atoms with Crippen LogP contribution in [-0.2, 0) is 4.79 Å². The molecule has 0 radical (unpaired) electrons. The number of carbonyl (C=O) groups is 1. The Morgan fingerprint density at radius 1 is 1.22 bits per heavy atom. The van der Waals surface area contributed by atoms with Gasteiger partial charge < -0.3 is 10.1 Å². The Morgan fingerprint density at radius 2 is 1.96 bits per heavy atom. The van der Waals surface area contributed by atoms with E-state index < -0.39 is 0 Å². The van der Waals surface area contributed by atoms with Crippen LogP contribution in [0.25, 0.3) is 0 Å². The summed E-state index contributed by atoms with van der Waals surface area (Å²) in [7, 11) is 1.90. The Hall–Kier alpha value is -1.85. The SMILES string of the molecule is Cc1cccc(NC(=O)CN(C)CCOc2ccc(Br)cc2)c1. The highest BCUT2D eigenvalue weighted by Gasteiger charge is 2.07. The first-order chi connectivity index (χ1) is 11.0. The Bertz CT molecular complexity index is 644. The Labute approximate surface area is 145 Å². The summed E-state index contributed by atoms with van der Waals surface area (Å²) < 4.78 is 6.68. The fourth-order valence-electron chi connectivity index (χ4n) is 2.10. The summed E-state index contributed by atoms with van der Waals surface area (Å²) in [5.41, 5.74) is 1.95. The summed E-state index contributed by atoms with van der Waals surface area (Å²) in [4.78, 5) is 13.9. The van der Waals surface area contributed by atoms with E-state index in [9.17, 15) is 4.79 Å². The lowest BCUT2D eigenvalue weighted by molar-refractivity contribution is -0.117. The zero-order valence-corrected chi connectivity index (χ0v) is 15.0. The first-order valence-corrected chi connectivity index (χ1v) is 8.25. The van der Waals surface area contributed by atoms with Crippen molar-refractivity contribution in [2.75, 3.05) is 32.1 Å². The minimum Gasteiger partial charge on any atom is -0.492 e. The standard InChI is InChI=1S/C18H21BrN2O2/c1-14-4-3-5-16(12-14)20-18(22)13-21(2)10-11-23-17-8-6-15(19)7-9-17/h3-9,12H,10-11,13H2,1-2H3,(H,20,22). The monoisotopic (exact) mass is 376 g/mol. The number of benzene rings is 2. The predicted molar refractivity (Wildman–Crippen MR) is 96.9 cm³/mol. The van der Waals surface area contributed by atoms with Gasteiger partial charge in [-0.1, -0.05) is 28.1 Å². The predicted octanol–water partition coefficient (Wildman–Crippen LogP) is 3.71. The Morgan fingerprint density at radius 3 is 2.65 bits per heavy atom. The van der Waals surface area contributed by atoms with Gasteiger partial charge in [-0.25, -0.2) is 0 Å². The molecule has 0 bridgehead atoms. The van der Waals surface area contributed by atoms with E-state index in [4.69, 9.17) is 4.74 Å². The van der Waals surface area contributed by atoms with Crippen molar-refractivity contribution in [2.24, 2.45) is 0 Å². The summed E-state index contributed by atoms with van der Waals surface area (Å²) in [6.07, 6.45) is 0. The molecule has 0 saturated carbocycles. The van der Waals surface area contributed by atoms with Crippen LogP contribution in [0.2, 0.25) is 0 Å². The Balaban J connectivity index is 1.70. The lowest BCUT2D eigenvalue weighted by atomic mass is 10.2. The number of amides is 1. The third-order valence-electron chi connectivity index (χ3n) is 3.27. The zero-order chi connectivity index (χ0) is 16.7. The molecule has 0 fully saturated rings. The van der Waals surface area contributed by atoms with E-state index in [1.807, 2.05) is 67.4 Å². The summed E-state index contributed by atoms with van der Waals surface area (Å²) in [5.74, 6) is 0.799. The van der Waals surface area contributed by atoms with Gasteiger partial charge in [0.05, 0.1) is 6.54 Å². The van der Waals surface area contributed by atoms with Gasteiger partial charge in [0, 0.05) is 16.7 Å². The number of hydrogen-bond acceptors (Lipinski definition) is 3. The third-order valence-corrected chi connectivity index (χ3v) is 3.80. The summed E-state index contributed by atoms with van der Waals surface area (Å²) in [5, 5.41) is 2.90. The number of halogens is 1. The van der Waals surface area contributed by atoms with E-state index in [-0.39, 0.29) is 5.91 Å². The van der Waals surface area contributed by atoms with Crippen LogP contribution < -0.4 is 10.1 Å². The van der Waals surface area contributed by atoms with Gasteiger partial charge in [-0.05, 0) is 55.9 Å². The highest BCUT2D eigenvalue weighted by Crippen LogP contribution is 2.16. The molecule has 2 aromatic carbocycles. The number of nitrogens with zero attached hydrogens (tertiary/aromatic N) is 1. The van der Waals surface area contributed by atoms with E-state index in [0.29, 0.717) is 19.7 Å². The summed E-state index contributed by atoms with van der Waals surface area (Å²) >= 11 is 3.39. The van der Waals surface area contributed by atoms with Gasteiger partial charge in [-0.15, -0.1) is 0 Å². The highest BCUT2D eigenvalue weighted by atomic mass is 79.9. The first-order valence-electron chi connectivity index (χ1n) is 7.46. The van der Waals surface area contributed by atoms with Gasteiger partial charge in [0.1, 0.15) is 12.4 Å². The van der Waals surface area contributed by atoms with Gasteiger partial charge in [-0.2, -0.15) is 0 Å². The van der Waals surface area contributed by atoms with Crippen molar-refractivity contribution in [3.8, 4) is 5.75 Å². The lowest BCUT2D eigenvalue weighted by Crippen LogP contribution is -2.33. The lowest BCUT2D eigenvalue weighted by Gasteiger charge is -2.16. The van der Waals surface area contributed by atoms with E-state index in [1.54, 1.807) is 0 Å². The van der Waals surface area contributed by atoms with E-state index in [2.05, 4.69) is 21.2 Å². The van der Waals surface area contributed by atoms with Crippen LogP contribution >= 0.6 is 15.9 Å². The molecule has 0 saturated heterocycles. The number of rotatable bonds is 7. The van der Waals surface area contributed by atoms with Gasteiger partial charge >= 0.3 is 0 Å². The fourth-order valence-corrected chi connectivity index (χ4v) is 2.36. The fraction of sp³-hybridized carbons (Fsp3) is 0.278. The molecule has 0 aliphatic rings. The number of hydrogen-bond donors (Lipinski definition) is 1. The van der Waals surface area contributed by atoms with Gasteiger partial charge in [0.25, 0.3) is 0 Å². The van der Waals surface area contributed by atoms with Gasteiger partial charge in [-0.3, -0.25) is 9.69 Å². The van der Waals surface area contributed by atoms with E-state index in [1.165, 1.54) is 0 Å². The number of likely N-dealkylation sites (N-methyl/N-ethyl adjacent to an activating group) is 1. The summed E-state index contributed by atoms with van der Waals surface area (Å²) in [6, 6.07) is 15.5. The molecule has 0 aromatic heterocycles. The molecule has 2 aromatic rings. The van der Waals surface area contributed by atoms with Crippen molar-refractivity contribution in [3.63, 3.8) is 0 Å². The van der Waals surface area contributed by atoms with Crippen molar-refractivity contribution in [2.45, 2.75) is 6.92 Å². The molecular formula is C18H21BrN2O2. The van der Waals surface area contributed by atoms with Crippen LogP contribution in [0, 0.1) is 6.92 Å². The van der Waals surface area contributed by atoms with Crippen molar-refractivity contribution in [1.29, 1.82) is 0 Å². The van der Waals surface area contributed by atoms with Crippen LogP contribution in [0.4, 0.5) is 5.69 Å². The quantitative estimate of drug-likeness (QED) is 0.800. The molecule has 122 valence electrons. The smallest absolute Gasteiger partial charge is 0.238 e. The van der Waals surface area contributed by atoms with Crippen LogP contribution in [0.5, 0.6) is 5.75 Å². The number of anilines is 1. The molecule has 0 atom stereocenters. The molecule has 23 heavy (non-hydrogen) atoms. The van der Waals surface area contributed by atoms with Crippen LogP contribution in [-0.4, -0.2) is 37.6 Å². The molecule has 0 unspecified atom stereocenters. The van der Waals surface area contributed by atoms with Crippen LogP contribution in [0.3, 0.4) is 0 Å². The maximum atomic E-state index is 12.0. The topological polar surface area (TPSA) is 41.6 Å². The average Bonchev–Trinajstić information content (AvgIpc) is 2.49. The maximum absolute atomic E-state index is 12.0. The number of carbonyl (C=O) groups excluding carboxylic acids is 1. The highest BCUT2D eigenvalue weighted by molar-refractivity contribution is 9.10. The number of aryl methyl sites for hydroxylation is 1. The largest absolute Gasteiger partial charge is 0.492 e.